The van der Waals surface area contributed by atoms with E-state index in [-0.39, 0.29) is 24.6 Å². The van der Waals surface area contributed by atoms with Crippen LogP contribution in [0.15, 0.2) is 77.7 Å². The van der Waals surface area contributed by atoms with Crippen LogP contribution in [0.2, 0.25) is 5.02 Å². The number of sulfonamides is 1. The number of carbonyl (C=O) groups excluding carboxylic acids is 1. The molecule has 0 radical (unpaired) electrons. The van der Waals surface area contributed by atoms with Crippen molar-refractivity contribution >= 4 is 33.2 Å². The monoisotopic (exact) mass is 502 g/mol. The number of fused-ring (bicyclic) bond motifs is 1. The highest BCUT2D eigenvalue weighted by molar-refractivity contribution is 7.92. The molecule has 1 amide bonds. The number of para-hydroxylation sites is 4. The third-order valence-corrected chi connectivity index (χ3v) is 7.20. The number of halogens is 1. The molecule has 0 saturated carbocycles. The highest BCUT2D eigenvalue weighted by atomic mass is 35.5. The number of benzene rings is 3. The van der Waals surface area contributed by atoms with Crippen molar-refractivity contribution < 1.29 is 27.4 Å². The van der Waals surface area contributed by atoms with E-state index in [0.717, 1.165) is 0 Å². The molecule has 0 saturated heterocycles. The standard InChI is InChI=1S/C24H23ClN2O6S/c1-31-21-8-4-5-9-22(21)32-15-14-26-24(28)23-16-27(19-6-2-3-7-20(19)33-23)34(29,30)18-12-10-17(25)11-13-18/h2-13,23H,14-16H2,1H3,(H,26,28)/t23-/m1/s1. The lowest BCUT2D eigenvalue weighted by Crippen LogP contribution is -2.51. The van der Waals surface area contributed by atoms with Gasteiger partial charge in [-0.15, -0.1) is 0 Å². The molecule has 1 heterocycles. The molecule has 0 aliphatic carbocycles. The van der Waals surface area contributed by atoms with Crippen molar-refractivity contribution in [2.24, 2.45) is 0 Å². The van der Waals surface area contributed by atoms with Gasteiger partial charge in [0, 0.05) is 5.02 Å². The van der Waals surface area contributed by atoms with E-state index < -0.39 is 22.0 Å². The molecule has 4 rings (SSSR count). The smallest absolute Gasteiger partial charge is 0.264 e. The normalized spacial score (nSPS) is 15.1. The van der Waals surface area contributed by atoms with Gasteiger partial charge in [0.2, 0.25) is 0 Å². The highest BCUT2D eigenvalue weighted by Crippen LogP contribution is 2.37. The van der Waals surface area contributed by atoms with E-state index in [1.165, 1.54) is 28.6 Å². The Morgan fingerprint density at radius 2 is 1.74 bits per heavy atom. The van der Waals surface area contributed by atoms with Crippen LogP contribution in [-0.2, 0) is 14.8 Å². The van der Waals surface area contributed by atoms with Crippen molar-refractivity contribution in [3.05, 3.63) is 77.8 Å². The Morgan fingerprint density at radius 3 is 2.47 bits per heavy atom. The minimum atomic E-state index is -3.95. The SMILES string of the molecule is COc1ccccc1OCCNC(=O)[C@H]1CN(S(=O)(=O)c2ccc(Cl)cc2)c2ccccc2O1. The summed E-state index contributed by atoms with van der Waals surface area (Å²) in [7, 11) is -2.40. The number of nitrogens with one attached hydrogen (secondary N) is 1. The van der Waals surface area contributed by atoms with Crippen molar-refractivity contribution in [1.29, 1.82) is 0 Å². The molecule has 0 bridgehead atoms. The van der Waals surface area contributed by atoms with Crippen LogP contribution in [0, 0.1) is 0 Å². The Hall–Kier alpha value is -3.43. The molecule has 10 heteroatoms. The maximum Gasteiger partial charge on any atom is 0.264 e. The fraction of sp³-hybridized carbons (Fsp3) is 0.208. The molecule has 1 aliphatic heterocycles. The van der Waals surface area contributed by atoms with Gasteiger partial charge in [-0.3, -0.25) is 9.10 Å². The molecular formula is C24H23ClN2O6S. The molecule has 34 heavy (non-hydrogen) atoms. The van der Waals surface area contributed by atoms with Crippen molar-refractivity contribution in [3.8, 4) is 17.2 Å². The van der Waals surface area contributed by atoms with E-state index in [0.29, 0.717) is 28.0 Å². The van der Waals surface area contributed by atoms with Crippen molar-refractivity contribution in [2.45, 2.75) is 11.0 Å². The lowest BCUT2D eigenvalue weighted by molar-refractivity contribution is -0.127. The predicted molar refractivity (Wildman–Crippen MR) is 128 cm³/mol. The average Bonchev–Trinajstić information content (AvgIpc) is 2.86. The third kappa shape index (κ3) is 5.05. The van der Waals surface area contributed by atoms with Gasteiger partial charge < -0.3 is 19.5 Å². The molecule has 1 N–H and O–H groups in total. The molecular weight excluding hydrogens is 480 g/mol. The summed E-state index contributed by atoms with van der Waals surface area (Å²) in [5, 5.41) is 3.17. The Balaban J connectivity index is 1.46. The fourth-order valence-electron chi connectivity index (χ4n) is 3.49. The van der Waals surface area contributed by atoms with E-state index in [2.05, 4.69) is 5.32 Å². The average molecular weight is 503 g/mol. The first-order valence-corrected chi connectivity index (χ1v) is 12.3. The van der Waals surface area contributed by atoms with Gasteiger partial charge in [-0.25, -0.2) is 8.42 Å². The van der Waals surface area contributed by atoms with Gasteiger partial charge in [-0.05, 0) is 48.5 Å². The van der Waals surface area contributed by atoms with Gasteiger partial charge in [0.1, 0.15) is 12.4 Å². The summed E-state index contributed by atoms with van der Waals surface area (Å²) in [4.78, 5) is 12.9. The summed E-state index contributed by atoms with van der Waals surface area (Å²) in [6, 6.07) is 19.8. The van der Waals surface area contributed by atoms with Crippen LogP contribution >= 0.6 is 11.6 Å². The molecule has 0 aromatic heterocycles. The van der Waals surface area contributed by atoms with Gasteiger partial charge in [0.05, 0.1) is 30.8 Å². The highest BCUT2D eigenvalue weighted by Gasteiger charge is 2.37. The van der Waals surface area contributed by atoms with Crippen molar-refractivity contribution in [1.82, 2.24) is 5.32 Å². The van der Waals surface area contributed by atoms with Crippen LogP contribution in [0.1, 0.15) is 0 Å². The van der Waals surface area contributed by atoms with Crippen LogP contribution in [-0.4, -0.2) is 47.2 Å². The second-order valence-corrected chi connectivity index (χ2v) is 9.65. The number of hydrogen-bond donors (Lipinski definition) is 1. The second-order valence-electron chi connectivity index (χ2n) is 7.35. The molecule has 3 aromatic rings. The van der Waals surface area contributed by atoms with Gasteiger partial charge in [-0.2, -0.15) is 0 Å². The summed E-state index contributed by atoms with van der Waals surface area (Å²) in [6.07, 6.45) is -1.04. The molecule has 0 unspecified atom stereocenters. The van der Waals surface area contributed by atoms with Crippen LogP contribution in [0.25, 0.3) is 0 Å². The Bertz CT molecular complexity index is 1270. The minimum absolute atomic E-state index is 0.0676. The number of amides is 1. The van der Waals surface area contributed by atoms with Gasteiger partial charge in [0.15, 0.2) is 17.6 Å². The molecule has 0 fully saturated rings. The first-order chi connectivity index (χ1) is 16.4. The summed E-state index contributed by atoms with van der Waals surface area (Å²) >= 11 is 5.91. The maximum atomic E-state index is 13.4. The lowest BCUT2D eigenvalue weighted by Gasteiger charge is -2.34. The van der Waals surface area contributed by atoms with Gasteiger partial charge in [-0.1, -0.05) is 35.9 Å². The lowest BCUT2D eigenvalue weighted by atomic mass is 10.2. The number of nitrogens with zero attached hydrogens (tertiary/aromatic N) is 1. The zero-order valence-corrected chi connectivity index (χ0v) is 19.9. The van der Waals surface area contributed by atoms with Gasteiger partial charge >= 0.3 is 0 Å². The quantitative estimate of drug-likeness (QED) is 0.474. The van der Waals surface area contributed by atoms with E-state index >= 15 is 0 Å². The number of ether oxygens (including phenoxy) is 3. The van der Waals surface area contributed by atoms with Crippen LogP contribution in [0.4, 0.5) is 5.69 Å². The zero-order chi connectivity index (χ0) is 24.1. The number of anilines is 1. The summed E-state index contributed by atoms with van der Waals surface area (Å²) < 4.78 is 44.7. The van der Waals surface area contributed by atoms with Crippen molar-refractivity contribution in [2.75, 3.05) is 31.1 Å². The first-order valence-electron chi connectivity index (χ1n) is 10.5. The predicted octanol–water partition coefficient (Wildman–Crippen LogP) is 3.50. The number of carbonyl (C=O) groups is 1. The van der Waals surface area contributed by atoms with E-state index in [1.54, 1.807) is 43.5 Å². The number of rotatable bonds is 8. The zero-order valence-electron chi connectivity index (χ0n) is 18.3. The Kier molecular flexibility index (Phi) is 7.14. The van der Waals surface area contributed by atoms with E-state index in [1.807, 2.05) is 12.1 Å². The first kappa shape index (κ1) is 23.7. The van der Waals surface area contributed by atoms with Crippen molar-refractivity contribution in [3.63, 3.8) is 0 Å². The summed E-state index contributed by atoms with van der Waals surface area (Å²) in [5.74, 6) is 0.998. The Labute approximate surface area is 203 Å². The summed E-state index contributed by atoms with van der Waals surface area (Å²) in [6.45, 7) is 0.214. The van der Waals surface area contributed by atoms with E-state index in [4.69, 9.17) is 25.8 Å². The number of hydrogen-bond acceptors (Lipinski definition) is 6. The topological polar surface area (TPSA) is 94.2 Å². The Morgan fingerprint density at radius 1 is 1.06 bits per heavy atom. The largest absolute Gasteiger partial charge is 0.493 e. The maximum absolute atomic E-state index is 13.4. The third-order valence-electron chi connectivity index (χ3n) is 5.16. The van der Waals surface area contributed by atoms with Crippen LogP contribution in [0.3, 0.4) is 0 Å². The summed E-state index contributed by atoms with van der Waals surface area (Å²) in [5.41, 5.74) is 0.362. The molecule has 178 valence electrons. The fourth-order valence-corrected chi connectivity index (χ4v) is 5.09. The van der Waals surface area contributed by atoms with E-state index in [9.17, 15) is 13.2 Å². The minimum Gasteiger partial charge on any atom is -0.493 e. The molecule has 1 atom stereocenters. The molecule has 8 nitrogen and oxygen atoms in total. The van der Waals surface area contributed by atoms with Crippen LogP contribution < -0.4 is 23.8 Å². The number of methoxy groups -OCH3 is 1. The molecule has 0 spiro atoms. The molecule has 1 aliphatic rings. The second kappa shape index (κ2) is 10.2. The van der Waals surface area contributed by atoms with Crippen LogP contribution in [0.5, 0.6) is 17.2 Å². The molecule has 3 aromatic carbocycles. The van der Waals surface area contributed by atoms with Gasteiger partial charge in [0.25, 0.3) is 15.9 Å².